The fraction of sp³-hybridized carbons (Fsp3) is 1.00. The molecule has 74 valence electrons. The summed E-state index contributed by atoms with van der Waals surface area (Å²) in [4.78, 5) is 0. The van der Waals surface area contributed by atoms with E-state index in [0.29, 0.717) is 11.8 Å². The third-order valence-electron chi connectivity index (χ3n) is 4.98. The first kappa shape index (κ1) is 8.28. The highest BCUT2D eigenvalue weighted by Gasteiger charge is 2.56. The van der Waals surface area contributed by atoms with E-state index in [1.165, 1.54) is 44.9 Å². The minimum absolute atomic E-state index is 0.209. The lowest BCUT2D eigenvalue weighted by Gasteiger charge is -2.41. The zero-order chi connectivity index (χ0) is 8.89. The topological polar surface area (TPSA) is 20.2 Å². The van der Waals surface area contributed by atoms with Gasteiger partial charge in [0.15, 0.2) is 0 Å². The van der Waals surface area contributed by atoms with Gasteiger partial charge in [-0.3, -0.25) is 0 Å². The number of hydrogen-bond acceptors (Lipinski definition) is 1. The van der Waals surface area contributed by atoms with E-state index in [1.807, 2.05) is 0 Å². The summed E-state index contributed by atoms with van der Waals surface area (Å²) < 4.78 is 0. The molecular weight excluding hydrogens is 160 g/mol. The Morgan fingerprint density at radius 3 is 2.69 bits per heavy atom. The molecule has 0 amide bonds. The number of fused-ring (bicyclic) bond motifs is 3. The predicted octanol–water partition coefficient (Wildman–Crippen LogP) is 2.73. The maximum Gasteiger partial charge on any atom is 0.0706 e. The van der Waals surface area contributed by atoms with Gasteiger partial charge in [0.25, 0.3) is 0 Å². The summed E-state index contributed by atoms with van der Waals surface area (Å²) in [5.41, 5.74) is -0.209. The van der Waals surface area contributed by atoms with Crippen LogP contribution >= 0.6 is 0 Å². The lowest BCUT2D eigenvalue weighted by molar-refractivity contribution is -0.0698. The lowest BCUT2D eigenvalue weighted by atomic mass is 9.69. The molecule has 0 unspecified atom stereocenters. The van der Waals surface area contributed by atoms with E-state index in [2.05, 4.69) is 0 Å². The Morgan fingerprint density at radius 2 is 1.92 bits per heavy atom. The molecule has 0 aromatic carbocycles. The van der Waals surface area contributed by atoms with Gasteiger partial charge in [-0.25, -0.2) is 0 Å². The van der Waals surface area contributed by atoms with Gasteiger partial charge >= 0.3 is 0 Å². The Morgan fingerprint density at radius 1 is 1.00 bits per heavy atom. The van der Waals surface area contributed by atoms with Gasteiger partial charge in [0.05, 0.1) is 5.60 Å². The highest BCUT2D eigenvalue weighted by Crippen LogP contribution is 2.59. The molecule has 3 rings (SSSR count). The molecule has 0 spiro atoms. The van der Waals surface area contributed by atoms with E-state index >= 15 is 0 Å². The Kier molecular flexibility index (Phi) is 1.74. The first-order valence-electron chi connectivity index (χ1n) is 6.03. The molecule has 0 aliphatic heterocycles. The van der Waals surface area contributed by atoms with Gasteiger partial charge in [-0.05, 0) is 49.9 Å². The van der Waals surface area contributed by atoms with Crippen LogP contribution in [0, 0.1) is 17.8 Å². The van der Waals surface area contributed by atoms with Gasteiger partial charge in [-0.1, -0.05) is 19.3 Å². The van der Waals surface area contributed by atoms with Gasteiger partial charge in [0, 0.05) is 0 Å². The van der Waals surface area contributed by atoms with E-state index in [9.17, 15) is 5.11 Å². The molecule has 3 aliphatic carbocycles. The van der Waals surface area contributed by atoms with E-state index < -0.39 is 0 Å². The summed E-state index contributed by atoms with van der Waals surface area (Å²) in [5, 5.41) is 10.7. The molecule has 3 fully saturated rings. The first-order valence-corrected chi connectivity index (χ1v) is 6.03. The minimum Gasteiger partial charge on any atom is -0.389 e. The smallest absolute Gasteiger partial charge is 0.0706 e. The van der Waals surface area contributed by atoms with Crippen molar-refractivity contribution in [2.75, 3.05) is 0 Å². The van der Waals surface area contributed by atoms with E-state index in [-0.39, 0.29) is 5.60 Å². The molecule has 0 aromatic heterocycles. The highest BCUT2D eigenvalue weighted by atomic mass is 16.3. The maximum atomic E-state index is 10.7. The number of aliphatic hydroxyl groups is 1. The molecule has 3 saturated carbocycles. The fourth-order valence-electron chi connectivity index (χ4n) is 4.11. The van der Waals surface area contributed by atoms with Crippen molar-refractivity contribution in [2.24, 2.45) is 17.8 Å². The van der Waals surface area contributed by atoms with E-state index in [0.717, 1.165) is 12.3 Å². The average molecular weight is 180 g/mol. The molecule has 0 aromatic rings. The Labute approximate surface area is 80.5 Å². The zero-order valence-electron chi connectivity index (χ0n) is 8.34. The normalized spacial score (nSPS) is 54.7. The van der Waals surface area contributed by atoms with E-state index in [4.69, 9.17) is 0 Å². The molecule has 1 nitrogen and oxygen atoms in total. The molecule has 3 aliphatic rings. The van der Waals surface area contributed by atoms with Crippen LogP contribution in [0.3, 0.4) is 0 Å². The summed E-state index contributed by atoms with van der Waals surface area (Å²) in [5.74, 6) is 2.29. The Bertz CT molecular complexity index is 213. The molecule has 0 radical (unpaired) electrons. The van der Waals surface area contributed by atoms with Crippen molar-refractivity contribution in [3.8, 4) is 0 Å². The van der Waals surface area contributed by atoms with Gasteiger partial charge in [0.2, 0.25) is 0 Å². The van der Waals surface area contributed by atoms with Gasteiger partial charge in [-0.2, -0.15) is 0 Å². The van der Waals surface area contributed by atoms with Crippen LogP contribution in [0.5, 0.6) is 0 Å². The number of hydrogen-bond donors (Lipinski definition) is 1. The van der Waals surface area contributed by atoms with Crippen LogP contribution in [0.4, 0.5) is 0 Å². The van der Waals surface area contributed by atoms with Crippen molar-refractivity contribution >= 4 is 0 Å². The van der Waals surface area contributed by atoms with Gasteiger partial charge in [-0.15, -0.1) is 0 Å². The highest BCUT2D eigenvalue weighted by molar-refractivity contribution is 5.07. The lowest BCUT2D eigenvalue weighted by Crippen LogP contribution is -2.43. The quantitative estimate of drug-likeness (QED) is 0.607. The second kappa shape index (κ2) is 2.73. The van der Waals surface area contributed by atoms with Crippen LogP contribution in [0.2, 0.25) is 0 Å². The van der Waals surface area contributed by atoms with Gasteiger partial charge in [0.1, 0.15) is 0 Å². The standard InChI is InChI=1S/C12H20O/c13-12-7-3-1-2-4-10(12)8-9-5-6-11(9)12/h9-11,13H,1-8H2/t9-,10+,11-,12+/m0/s1. The molecule has 1 N–H and O–H groups in total. The summed E-state index contributed by atoms with van der Waals surface area (Å²) in [6, 6.07) is 0. The largest absolute Gasteiger partial charge is 0.389 e. The molecule has 13 heavy (non-hydrogen) atoms. The monoisotopic (exact) mass is 180 g/mol. The van der Waals surface area contributed by atoms with Crippen LogP contribution < -0.4 is 0 Å². The SMILES string of the molecule is O[C@]12CCCCC[C@@H]1C[C@@H]1CC[C@@H]12. The van der Waals surface area contributed by atoms with Crippen molar-refractivity contribution in [2.45, 2.75) is 57.0 Å². The predicted molar refractivity (Wildman–Crippen MR) is 52.4 cm³/mol. The molecule has 1 heteroatoms. The van der Waals surface area contributed by atoms with Crippen molar-refractivity contribution in [1.82, 2.24) is 0 Å². The van der Waals surface area contributed by atoms with Crippen molar-refractivity contribution in [3.05, 3.63) is 0 Å². The molecule has 0 bridgehead atoms. The van der Waals surface area contributed by atoms with Crippen LogP contribution in [0.25, 0.3) is 0 Å². The zero-order valence-corrected chi connectivity index (χ0v) is 8.34. The van der Waals surface area contributed by atoms with Crippen LogP contribution in [0.1, 0.15) is 51.4 Å². The van der Waals surface area contributed by atoms with Crippen molar-refractivity contribution < 1.29 is 5.11 Å². The first-order chi connectivity index (χ1) is 6.31. The van der Waals surface area contributed by atoms with Crippen molar-refractivity contribution in [1.29, 1.82) is 0 Å². The average Bonchev–Trinajstić information content (AvgIpc) is 2.23. The fourth-order valence-corrected chi connectivity index (χ4v) is 4.11. The van der Waals surface area contributed by atoms with Crippen LogP contribution in [0.15, 0.2) is 0 Å². The van der Waals surface area contributed by atoms with Crippen LogP contribution in [-0.2, 0) is 0 Å². The van der Waals surface area contributed by atoms with Crippen molar-refractivity contribution in [3.63, 3.8) is 0 Å². The maximum absolute atomic E-state index is 10.7. The summed E-state index contributed by atoms with van der Waals surface area (Å²) in [6.07, 6.45) is 10.5. The Hall–Kier alpha value is -0.0400. The second-order valence-electron chi connectivity index (χ2n) is 5.47. The Balaban J connectivity index is 1.86. The van der Waals surface area contributed by atoms with Crippen LogP contribution in [-0.4, -0.2) is 10.7 Å². The number of rotatable bonds is 0. The van der Waals surface area contributed by atoms with E-state index in [1.54, 1.807) is 0 Å². The summed E-state index contributed by atoms with van der Waals surface area (Å²) >= 11 is 0. The third kappa shape index (κ3) is 1.03. The molecular formula is C12H20O. The molecule has 0 saturated heterocycles. The molecule has 0 heterocycles. The summed E-state index contributed by atoms with van der Waals surface area (Å²) in [6.45, 7) is 0. The van der Waals surface area contributed by atoms with Gasteiger partial charge < -0.3 is 5.11 Å². The minimum atomic E-state index is -0.209. The third-order valence-corrected chi connectivity index (χ3v) is 4.98. The molecule has 4 atom stereocenters. The second-order valence-corrected chi connectivity index (χ2v) is 5.47. The summed E-state index contributed by atoms with van der Waals surface area (Å²) in [7, 11) is 0.